The molecule has 3 aromatic rings. The molecule has 1 aliphatic rings. The van der Waals surface area contributed by atoms with E-state index in [-0.39, 0.29) is 31.3 Å². The Morgan fingerprint density at radius 3 is 2.00 bits per heavy atom. The molecule has 1 aliphatic heterocycles. The maximum Gasteiger partial charge on any atom is 0.250 e. The topological polar surface area (TPSA) is 47.6 Å². The third-order valence-electron chi connectivity index (χ3n) is 5.94. The number of rotatable bonds is 5. The minimum absolute atomic E-state index is 0.0112. The van der Waals surface area contributed by atoms with Crippen molar-refractivity contribution in [2.45, 2.75) is 0 Å². The van der Waals surface area contributed by atoms with Crippen molar-refractivity contribution in [1.82, 2.24) is 5.32 Å². The molecule has 3 aromatic carbocycles. The van der Waals surface area contributed by atoms with Gasteiger partial charge in [-0.05, 0) is 54.2 Å². The molecule has 0 aromatic heterocycles. The van der Waals surface area contributed by atoms with E-state index < -0.39 is 40.7 Å². The van der Waals surface area contributed by atoms with Gasteiger partial charge in [0.1, 0.15) is 5.69 Å². The predicted molar refractivity (Wildman–Crippen MR) is 152 cm³/mol. The lowest BCUT2D eigenvalue weighted by Gasteiger charge is -2.38. The van der Waals surface area contributed by atoms with Gasteiger partial charge in [0.05, 0.1) is 10.7 Å². The Kier molecular flexibility index (Phi) is 9.40. The SMILES string of the molecule is O=C(/C=C/c1ccc(Cl)cc1Cl)NC(=S)Nc1ccc(N2CCN(c3c(F)c(F)c(F)c(F)c3F)CC2)c(Cl)c1. The quantitative estimate of drug-likeness (QED) is 0.102. The third kappa shape index (κ3) is 6.60. The molecule has 210 valence electrons. The largest absolute Gasteiger partial charge is 0.367 e. The zero-order valence-electron chi connectivity index (χ0n) is 20.2. The van der Waals surface area contributed by atoms with Crippen molar-refractivity contribution in [3.8, 4) is 0 Å². The van der Waals surface area contributed by atoms with E-state index in [1.165, 1.54) is 12.2 Å². The molecule has 0 radical (unpaired) electrons. The lowest BCUT2D eigenvalue weighted by atomic mass is 10.2. The molecule has 1 saturated heterocycles. The predicted octanol–water partition coefficient (Wildman–Crippen LogP) is 7.20. The fraction of sp³-hybridized carbons (Fsp3) is 0.154. The van der Waals surface area contributed by atoms with Gasteiger partial charge in [-0.1, -0.05) is 40.9 Å². The molecule has 2 N–H and O–H groups in total. The minimum Gasteiger partial charge on any atom is -0.367 e. The Morgan fingerprint density at radius 2 is 1.40 bits per heavy atom. The fourth-order valence-electron chi connectivity index (χ4n) is 4.00. The normalized spacial score (nSPS) is 13.6. The molecule has 0 aliphatic carbocycles. The third-order valence-corrected chi connectivity index (χ3v) is 7.01. The molecule has 4 rings (SSSR count). The summed E-state index contributed by atoms with van der Waals surface area (Å²) in [4.78, 5) is 15.1. The van der Waals surface area contributed by atoms with Gasteiger partial charge in [0, 0.05) is 48.0 Å². The van der Waals surface area contributed by atoms with E-state index in [0.717, 1.165) is 4.90 Å². The maximum atomic E-state index is 14.2. The van der Waals surface area contributed by atoms with Crippen LogP contribution in [0.1, 0.15) is 5.56 Å². The maximum absolute atomic E-state index is 14.2. The second-order valence-electron chi connectivity index (χ2n) is 8.50. The van der Waals surface area contributed by atoms with Gasteiger partial charge in [-0.15, -0.1) is 0 Å². The van der Waals surface area contributed by atoms with Crippen LogP contribution < -0.4 is 20.4 Å². The highest BCUT2D eigenvalue weighted by Crippen LogP contribution is 2.33. The van der Waals surface area contributed by atoms with E-state index in [0.29, 0.717) is 32.0 Å². The van der Waals surface area contributed by atoms with Gasteiger partial charge in [-0.2, -0.15) is 0 Å². The van der Waals surface area contributed by atoms with E-state index in [4.69, 9.17) is 47.0 Å². The number of piperazine rings is 1. The number of hydrogen-bond acceptors (Lipinski definition) is 4. The van der Waals surface area contributed by atoms with Crippen LogP contribution in [0.5, 0.6) is 0 Å². The van der Waals surface area contributed by atoms with Gasteiger partial charge in [0.25, 0.3) is 0 Å². The van der Waals surface area contributed by atoms with Crippen molar-refractivity contribution in [3.63, 3.8) is 0 Å². The zero-order chi connectivity index (χ0) is 29.1. The van der Waals surface area contributed by atoms with Crippen LogP contribution in [0.4, 0.5) is 39.0 Å². The smallest absolute Gasteiger partial charge is 0.250 e. The van der Waals surface area contributed by atoms with Crippen molar-refractivity contribution < 1.29 is 26.7 Å². The van der Waals surface area contributed by atoms with Crippen LogP contribution in [-0.2, 0) is 4.79 Å². The van der Waals surface area contributed by atoms with E-state index in [9.17, 15) is 26.7 Å². The first-order valence-corrected chi connectivity index (χ1v) is 13.1. The first-order chi connectivity index (χ1) is 19.0. The second kappa shape index (κ2) is 12.6. The monoisotopic (exact) mass is 634 g/mol. The van der Waals surface area contributed by atoms with Crippen LogP contribution in [0.25, 0.3) is 6.08 Å². The highest BCUT2D eigenvalue weighted by Gasteiger charge is 2.31. The molecule has 14 heteroatoms. The molecule has 0 unspecified atom stereocenters. The summed E-state index contributed by atoms with van der Waals surface area (Å²) in [6.07, 6.45) is 2.76. The van der Waals surface area contributed by atoms with Crippen LogP contribution in [0.3, 0.4) is 0 Å². The van der Waals surface area contributed by atoms with Gasteiger partial charge >= 0.3 is 0 Å². The number of benzene rings is 3. The van der Waals surface area contributed by atoms with Crippen molar-refractivity contribution >= 4 is 81.2 Å². The number of thiocarbonyl (C=S) groups is 1. The number of carbonyl (C=O) groups excluding carboxylic acids is 1. The van der Waals surface area contributed by atoms with Gasteiger partial charge in [-0.25, -0.2) is 22.0 Å². The summed E-state index contributed by atoms with van der Waals surface area (Å²) in [5.41, 5.74) is 0.699. The number of anilines is 3. The highest BCUT2D eigenvalue weighted by atomic mass is 35.5. The average Bonchev–Trinajstić information content (AvgIpc) is 2.91. The number of hydrogen-bond donors (Lipinski definition) is 2. The molecule has 0 saturated carbocycles. The van der Waals surface area contributed by atoms with Crippen LogP contribution >= 0.6 is 47.0 Å². The lowest BCUT2D eigenvalue weighted by molar-refractivity contribution is -0.115. The number of halogens is 8. The summed E-state index contributed by atoms with van der Waals surface area (Å²) < 4.78 is 69.0. The van der Waals surface area contributed by atoms with Crippen LogP contribution in [-0.4, -0.2) is 37.2 Å². The molecule has 0 spiro atoms. The summed E-state index contributed by atoms with van der Waals surface area (Å²) >= 11 is 23.6. The number of carbonyl (C=O) groups is 1. The number of nitrogens with zero attached hydrogens (tertiary/aromatic N) is 2. The average molecular weight is 636 g/mol. The van der Waals surface area contributed by atoms with E-state index in [2.05, 4.69) is 10.6 Å². The fourth-order valence-corrected chi connectivity index (χ4v) is 4.99. The van der Waals surface area contributed by atoms with Crippen molar-refractivity contribution in [1.29, 1.82) is 0 Å². The van der Waals surface area contributed by atoms with Crippen LogP contribution in [0, 0.1) is 29.1 Å². The van der Waals surface area contributed by atoms with Crippen LogP contribution in [0.2, 0.25) is 15.1 Å². The Balaban J connectivity index is 1.35. The Hall–Kier alpha value is -3.12. The first kappa shape index (κ1) is 29.9. The number of nitrogens with one attached hydrogen (secondary N) is 2. The Morgan fingerprint density at radius 1 is 0.800 bits per heavy atom. The van der Waals surface area contributed by atoms with Crippen LogP contribution in [0.15, 0.2) is 42.5 Å². The summed E-state index contributed by atoms with van der Waals surface area (Å²) in [7, 11) is 0. The molecule has 1 heterocycles. The summed E-state index contributed by atoms with van der Waals surface area (Å²) in [6, 6.07) is 9.74. The summed E-state index contributed by atoms with van der Waals surface area (Å²) in [5.74, 6) is -10.4. The molecule has 1 amide bonds. The van der Waals surface area contributed by atoms with Gasteiger partial charge in [0.15, 0.2) is 28.4 Å². The van der Waals surface area contributed by atoms with Gasteiger partial charge < -0.3 is 15.1 Å². The van der Waals surface area contributed by atoms with Crippen molar-refractivity contribution in [3.05, 3.63) is 92.2 Å². The van der Waals surface area contributed by atoms with Crippen molar-refractivity contribution in [2.75, 3.05) is 41.3 Å². The molecular weight excluding hydrogens is 618 g/mol. The van der Waals surface area contributed by atoms with Gasteiger partial charge in [-0.3, -0.25) is 10.1 Å². The standard InChI is InChI=1S/C26H18Cl3F5N4OS/c27-14-3-1-13(16(28)11-14)2-6-19(39)36-26(40)35-15-4-5-18(17(29)12-15)37-7-9-38(10-8-37)25-23(33)21(31)20(30)22(32)24(25)34/h1-6,11-12H,7-10H2,(H2,35,36,39,40)/b6-2+. The van der Waals surface area contributed by atoms with E-state index >= 15 is 0 Å². The Bertz CT molecular complexity index is 1490. The van der Waals surface area contributed by atoms with E-state index in [1.807, 2.05) is 0 Å². The Labute approximate surface area is 246 Å². The van der Waals surface area contributed by atoms with E-state index in [1.54, 1.807) is 41.3 Å². The molecule has 5 nitrogen and oxygen atoms in total. The van der Waals surface area contributed by atoms with Crippen molar-refractivity contribution in [2.24, 2.45) is 0 Å². The first-order valence-electron chi connectivity index (χ1n) is 11.5. The second-order valence-corrected chi connectivity index (χ2v) is 10.2. The lowest BCUT2D eigenvalue weighted by Crippen LogP contribution is -2.47. The molecule has 40 heavy (non-hydrogen) atoms. The molecule has 1 fully saturated rings. The summed E-state index contributed by atoms with van der Waals surface area (Å²) in [5, 5.41) is 6.50. The zero-order valence-corrected chi connectivity index (χ0v) is 23.3. The molecule has 0 atom stereocenters. The highest BCUT2D eigenvalue weighted by molar-refractivity contribution is 7.80. The molecule has 0 bridgehead atoms. The minimum atomic E-state index is -2.20. The number of amides is 1. The van der Waals surface area contributed by atoms with Gasteiger partial charge in [0.2, 0.25) is 11.7 Å². The summed E-state index contributed by atoms with van der Waals surface area (Å²) in [6.45, 7) is 0.369. The molecular formula is C26H18Cl3F5N4OS.